The summed E-state index contributed by atoms with van der Waals surface area (Å²) in [4.78, 5) is 15.3. The molecule has 8 heteroatoms. The Hall–Kier alpha value is -2.58. The largest absolute Gasteiger partial charge is 0.487 e. The quantitative estimate of drug-likeness (QED) is 0.557. The van der Waals surface area contributed by atoms with E-state index in [0.29, 0.717) is 46.5 Å². The lowest BCUT2D eigenvalue weighted by molar-refractivity contribution is 0.0589. The molecule has 1 aromatic heterocycles. The number of benzene rings is 2. The van der Waals surface area contributed by atoms with E-state index in [1.54, 1.807) is 17.0 Å². The van der Waals surface area contributed by atoms with Gasteiger partial charge < -0.3 is 14.4 Å². The molecular weight excluding hydrogens is 415 g/mol. The Morgan fingerprint density at radius 3 is 2.60 bits per heavy atom. The van der Waals surface area contributed by atoms with Gasteiger partial charge in [-0.2, -0.15) is 0 Å². The molecule has 4 nitrogen and oxygen atoms in total. The van der Waals surface area contributed by atoms with Crippen LogP contribution >= 0.6 is 11.3 Å². The van der Waals surface area contributed by atoms with Crippen LogP contribution in [-0.4, -0.2) is 37.1 Å². The van der Waals surface area contributed by atoms with Gasteiger partial charge in [-0.15, -0.1) is 11.3 Å². The van der Waals surface area contributed by atoms with Gasteiger partial charge >= 0.3 is 0 Å². The fourth-order valence-corrected chi connectivity index (χ4v) is 4.88. The molecule has 30 heavy (non-hydrogen) atoms. The highest BCUT2D eigenvalue weighted by molar-refractivity contribution is 7.21. The lowest BCUT2D eigenvalue weighted by atomic mass is 10.1. The van der Waals surface area contributed by atoms with Crippen molar-refractivity contribution < 1.29 is 27.4 Å². The second kappa shape index (κ2) is 8.65. The molecule has 1 aliphatic heterocycles. The van der Waals surface area contributed by atoms with Gasteiger partial charge in [-0.3, -0.25) is 4.79 Å². The van der Waals surface area contributed by atoms with E-state index in [9.17, 15) is 18.0 Å². The minimum absolute atomic E-state index is 0.00328. The molecule has 158 valence electrons. The lowest BCUT2D eigenvalue weighted by Crippen LogP contribution is -2.41. The van der Waals surface area contributed by atoms with Crippen LogP contribution in [0.5, 0.6) is 5.75 Å². The van der Waals surface area contributed by atoms with E-state index in [-0.39, 0.29) is 30.2 Å². The van der Waals surface area contributed by atoms with Crippen LogP contribution in [0.15, 0.2) is 36.4 Å². The topological polar surface area (TPSA) is 38.8 Å². The first-order valence-electron chi connectivity index (χ1n) is 9.57. The summed E-state index contributed by atoms with van der Waals surface area (Å²) in [5, 5.41) is 0.428. The molecule has 2 aromatic carbocycles. The molecule has 0 N–H and O–H groups in total. The number of methoxy groups -OCH3 is 1. The normalized spacial score (nSPS) is 15.0. The summed E-state index contributed by atoms with van der Waals surface area (Å²) in [5.74, 6) is -1.95. The Kier molecular flexibility index (Phi) is 5.97. The number of fused-ring (bicyclic) bond motifs is 1. The number of thiophene rings is 1. The first-order valence-corrected chi connectivity index (χ1v) is 10.4. The van der Waals surface area contributed by atoms with Crippen LogP contribution in [0.2, 0.25) is 0 Å². The van der Waals surface area contributed by atoms with Crippen molar-refractivity contribution in [1.29, 1.82) is 0 Å². The summed E-state index contributed by atoms with van der Waals surface area (Å²) in [7, 11) is 1.51. The standard InChI is InChI=1S/C22H20F3NO3S/c1-28-12-15-20-16(24)3-2-4-19(20)30-21(15)22(27)26-9-7-14(8-10-26)29-18-6-5-13(23)11-17(18)25/h2-6,11,14H,7-10,12H2,1H3. The summed E-state index contributed by atoms with van der Waals surface area (Å²) >= 11 is 1.26. The molecule has 1 aliphatic rings. The van der Waals surface area contributed by atoms with Gasteiger partial charge in [0.2, 0.25) is 0 Å². The van der Waals surface area contributed by atoms with Crippen molar-refractivity contribution >= 4 is 27.3 Å². The molecular formula is C22H20F3NO3S. The third kappa shape index (κ3) is 4.02. The number of piperidine rings is 1. The summed E-state index contributed by atoms with van der Waals surface area (Å²) in [6, 6.07) is 7.98. The van der Waals surface area contributed by atoms with Crippen molar-refractivity contribution in [3.63, 3.8) is 0 Å². The van der Waals surface area contributed by atoms with Gasteiger partial charge in [0.15, 0.2) is 11.6 Å². The Morgan fingerprint density at radius 2 is 1.90 bits per heavy atom. The highest BCUT2D eigenvalue weighted by Gasteiger charge is 2.29. The van der Waals surface area contributed by atoms with E-state index in [2.05, 4.69) is 0 Å². The zero-order valence-electron chi connectivity index (χ0n) is 16.3. The maximum Gasteiger partial charge on any atom is 0.264 e. The number of rotatable bonds is 5. The molecule has 4 rings (SSSR count). The van der Waals surface area contributed by atoms with Crippen LogP contribution in [-0.2, 0) is 11.3 Å². The van der Waals surface area contributed by atoms with E-state index in [4.69, 9.17) is 9.47 Å². The maximum absolute atomic E-state index is 14.4. The monoisotopic (exact) mass is 435 g/mol. The summed E-state index contributed by atoms with van der Waals surface area (Å²) in [5.41, 5.74) is 0.562. The minimum Gasteiger partial charge on any atom is -0.487 e. The van der Waals surface area contributed by atoms with Gasteiger partial charge in [-0.25, -0.2) is 13.2 Å². The molecule has 0 saturated carbocycles. The fourth-order valence-electron chi connectivity index (χ4n) is 3.69. The number of hydrogen-bond acceptors (Lipinski definition) is 4. The molecule has 1 saturated heterocycles. The Labute approximate surface area is 175 Å². The molecule has 0 radical (unpaired) electrons. The third-order valence-electron chi connectivity index (χ3n) is 5.16. The number of amides is 1. The van der Waals surface area contributed by atoms with E-state index < -0.39 is 11.6 Å². The van der Waals surface area contributed by atoms with Crippen molar-refractivity contribution in [2.75, 3.05) is 20.2 Å². The number of carbonyl (C=O) groups excluding carboxylic acids is 1. The minimum atomic E-state index is -0.745. The molecule has 2 heterocycles. The van der Waals surface area contributed by atoms with Crippen LogP contribution in [0, 0.1) is 17.5 Å². The number of nitrogens with zero attached hydrogens (tertiary/aromatic N) is 1. The smallest absolute Gasteiger partial charge is 0.264 e. The summed E-state index contributed by atoms with van der Waals surface area (Å²) in [6.07, 6.45) is 0.760. The van der Waals surface area contributed by atoms with Crippen molar-refractivity contribution in [3.8, 4) is 5.75 Å². The van der Waals surface area contributed by atoms with E-state index in [0.717, 1.165) is 12.1 Å². The SMILES string of the molecule is COCc1c(C(=O)N2CCC(Oc3ccc(F)cc3F)CC2)sc2cccc(F)c12. The van der Waals surface area contributed by atoms with Gasteiger partial charge in [0.05, 0.1) is 11.5 Å². The van der Waals surface area contributed by atoms with Crippen LogP contribution in [0.1, 0.15) is 28.1 Å². The molecule has 0 unspecified atom stereocenters. The molecule has 3 aromatic rings. The second-order valence-electron chi connectivity index (χ2n) is 7.14. The fraction of sp³-hybridized carbons (Fsp3) is 0.318. The molecule has 0 bridgehead atoms. The number of likely N-dealkylation sites (tertiary alicyclic amines) is 1. The zero-order valence-corrected chi connectivity index (χ0v) is 17.1. The van der Waals surface area contributed by atoms with Crippen LogP contribution in [0.25, 0.3) is 10.1 Å². The van der Waals surface area contributed by atoms with Gasteiger partial charge in [-0.05, 0) is 24.3 Å². The summed E-state index contributed by atoms with van der Waals surface area (Å²) < 4.78 is 52.8. The molecule has 0 aliphatic carbocycles. The highest BCUT2D eigenvalue weighted by Crippen LogP contribution is 2.35. The zero-order chi connectivity index (χ0) is 21.3. The molecule has 0 spiro atoms. The Balaban J connectivity index is 1.48. The van der Waals surface area contributed by atoms with Crippen LogP contribution in [0.4, 0.5) is 13.2 Å². The number of hydrogen-bond donors (Lipinski definition) is 0. The average molecular weight is 435 g/mol. The van der Waals surface area contributed by atoms with Crippen molar-refractivity contribution in [3.05, 3.63) is 64.3 Å². The van der Waals surface area contributed by atoms with Gasteiger partial charge in [0.25, 0.3) is 5.91 Å². The summed E-state index contributed by atoms with van der Waals surface area (Å²) in [6.45, 7) is 0.996. The second-order valence-corrected chi connectivity index (χ2v) is 8.19. The molecule has 0 atom stereocenters. The van der Waals surface area contributed by atoms with Crippen molar-refractivity contribution in [2.45, 2.75) is 25.6 Å². The molecule has 1 fully saturated rings. The van der Waals surface area contributed by atoms with E-state index in [1.807, 2.05) is 0 Å². The molecule has 1 amide bonds. The van der Waals surface area contributed by atoms with Gasteiger partial charge in [0.1, 0.15) is 17.7 Å². The Morgan fingerprint density at radius 1 is 1.13 bits per heavy atom. The van der Waals surface area contributed by atoms with Crippen LogP contribution < -0.4 is 4.74 Å². The first-order chi connectivity index (χ1) is 14.5. The first kappa shape index (κ1) is 20.7. The van der Waals surface area contributed by atoms with E-state index in [1.165, 1.54) is 30.6 Å². The predicted octanol–water partition coefficient (Wildman–Crippen LogP) is 5.15. The average Bonchev–Trinajstić information content (AvgIpc) is 3.10. The highest BCUT2D eigenvalue weighted by atomic mass is 32.1. The van der Waals surface area contributed by atoms with Crippen molar-refractivity contribution in [1.82, 2.24) is 4.90 Å². The predicted molar refractivity (Wildman–Crippen MR) is 108 cm³/mol. The Bertz CT molecular complexity index is 1080. The number of ether oxygens (including phenoxy) is 2. The van der Waals surface area contributed by atoms with E-state index >= 15 is 0 Å². The lowest BCUT2D eigenvalue weighted by Gasteiger charge is -2.32. The number of halogens is 3. The van der Waals surface area contributed by atoms with Gasteiger partial charge in [-0.1, -0.05) is 6.07 Å². The van der Waals surface area contributed by atoms with Crippen molar-refractivity contribution in [2.24, 2.45) is 0 Å². The number of carbonyl (C=O) groups is 1. The third-order valence-corrected chi connectivity index (χ3v) is 6.35. The maximum atomic E-state index is 14.4. The van der Waals surface area contributed by atoms with Gasteiger partial charge in [0, 0.05) is 54.8 Å². The van der Waals surface area contributed by atoms with Crippen LogP contribution in [0.3, 0.4) is 0 Å².